The maximum atomic E-state index is 15.4. The third-order valence-corrected chi connectivity index (χ3v) is 5.97. The predicted octanol–water partition coefficient (Wildman–Crippen LogP) is 4.40. The first-order valence-electron chi connectivity index (χ1n) is 9.54. The monoisotopic (exact) mass is 367 g/mol. The summed E-state index contributed by atoms with van der Waals surface area (Å²) in [6.45, 7) is 13.8. The predicted molar refractivity (Wildman–Crippen MR) is 98.4 cm³/mol. The van der Waals surface area contributed by atoms with Crippen LogP contribution in [0, 0.1) is 0 Å². The lowest BCUT2D eigenvalue weighted by atomic mass is 9.78. The van der Waals surface area contributed by atoms with Gasteiger partial charge in [0.05, 0.1) is 16.7 Å². The Morgan fingerprint density at radius 3 is 2.15 bits per heavy atom. The highest BCUT2D eigenvalue weighted by Gasteiger charge is 2.60. The van der Waals surface area contributed by atoms with Gasteiger partial charge in [-0.15, -0.1) is 0 Å². The molecule has 0 atom stereocenters. The average molecular weight is 367 g/mol. The second-order valence-corrected chi connectivity index (χ2v) is 9.68. The van der Waals surface area contributed by atoms with Crippen LogP contribution in [0.2, 0.25) is 0 Å². The molecule has 3 aliphatic rings. The molecule has 2 saturated heterocycles. The summed E-state index contributed by atoms with van der Waals surface area (Å²) in [5.41, 5.74) is -2.03. The van der Waals surface area contributed by atoms with E-state index in [1.165, 1.54) is 0 Å². The van der Waals surface area contributed by atoms with E-state index in [0.717, 1.165) is 12.8 Å². The van der Waals surface area contributed by atoms with Crippen molar-refractivity contribution in [3.63, 3.8) is 0 Å². The van der Waals surface area contributed by atoms with Gasteiger partial charge in [0.15, 0.2) is 0 Å². The van der Waals surface area contributed by atoms with Crippen molar-refractivity contribution in [2.45, 2.75) is 96.5 Å². The molecule has 1 aliphatic carbocycles. The number of piperidine rings is 1. The molecule has 7 heteroatoms. The highest BCUT2D eigenvalue weighted by atomic mass is 19.1. The second kappa shape index (κ2) is 5.96. The number of rotatable bonds is 1. The van der Waals surface area contributed by atoms with E-state index in [1.54, 1.807) is 4.90 Å². The van der Waals surface area contributed by atoms with Crippen molar-refractivity contribution in [1.82, 2.24) is 4.90 Å². The Kier molecular flexibility index (Phi) is 4.51. The van der Waals surface area contributed by atoms with Gasteiger partial charge in [-0.2, -0.15) is 0 Å². The molecule has 2 aliphatic heterocycles. The number of nitrogens with zero attached hydrogens (tertiary/aromatic N) is 1. The molecule has 1 saturated carbocycles. The van der Waals surface area contributed by atoms with Crippen LogP contribution in [0.3, 0.4) is 0 Å². The number of hydrogen-bond acceptors (Lipinski definition) is 4. The molecule has 2 heterocycles. The van der Waals surface area contributed by atoms with Crippen LogP contribution in [0.15, 0.2) is 11.3 Å². The summed E-state index contributed by atoms with van der Waals surface area (Å²) in [7, 11) is -1.01. The standard InChI is InChI=1S/C19H31BFNO4/c1-16(2,3)24-15(23)22-12-8-9-13(19(22)10-11-19)14(21)20-25-17(4,5)18(6,7)26-20/h8-12H2,1-7H3. The first-order chi connectivity index (χ1) is 11.8. The van der Waals surface area contributed by atoms with E-state index in [1.807, 2.05) is 48.5 Å². The van der Waals surface area contributed by atoms with Crippen molar-refractivity contribution < 1.29 is 23.2 Å². The topological polar surface area (TPSA) is 48.0 Å². The van der Waals surface area contributed by atoms with E-state index in [0.29, 0.717) is 25.0 Å². The van der Waals surface area contributed by atoms with E-state index in [9.17, 15) is 4.79 Å². The number of amides is 1. The quantitative estimate of drug-likeness (QED) is 0.645. The number of ether oxygens (including phenoxy) is 1. The van der Waals surface area contributed by atoms with Crippen LogP contribution in [-0.4, -0.2) is 47.0 Å². The van der Waals surface area contributed by atoms with Gasteiger partial charge in [0.2, 0.25) is 0 Å². The first-order valence-corrected chi connectivity index (χ1v) is 9.54. The maximum absolute atomic E-state index is 15.4. The Balaban J connectivity index is 1.86. The van der Waals surface area contributed by atoms with Crippen LogP contribution in [0.4, 0.5) is 9.18 Å². The Labute approximate surface area is 156 Å². The molecule has 5 nitrogen and oxygen atoms in total. The van der Waals surface area contributed by atoms with Gasteiger partial charge in [-0.3, -0.25) is 4.90 Å². The molecule has 0 aromatic heterocycles. The van der Waals surface area contributed by atoms with E-state index < -0.39 is 29.5 Å². The SMILES string of the molecule is CC(C)(C)OC(=O)N1CCCC(=C(F)B2OC(C)(C)C(C)(C)O2)C12CC2. The molecule has 1 amide bonds. The Morgan fingerprint density at radius 1 is 1.15 bits per heavy atom. The molecular formula is C19H31BFNO4. The lowest BCUT2D eigenvalue weighted by Crippen LogP contribution is -2.49. The van der Waals surface area contributed by atoms with Crippen LogP contribution in [0.5, 0.6) is 0 Å². The molecule has 3 rings (SSSR count). The second-order valence-electron chi connectivity index (χ2n) is 9.68. The van der Waals surface area contributed by atoms with E-state index >= 15 is 4.39 Å². The zero-order valence-electron chi connectivity index (χ0n) is 17.1. The third kappa shape index (κ3) is 3.28. The highest BCUT2D eigenvalue weighted by molar-refractivity contribution is 6.54. The molecule has 3 fully saturated rings. The molecule has 146 valence electrons. The van der Waals surface area contributed by atoms with Gasteiger partial charge in [0.25, 0.3) is 0 Å². The molecule has 26 heavy (non-hydrogen) atoms. The molecule has 0 bridgehead atoms. The lowest BCUT2D eigenvalue weighted by molar-refractivity contribution is 0.00578. The van der Waals surface area contributed by atoms with Crippen LogP contribution in [0.1, 0.15) is 74.1 Å². The van der Waals surface area contributed by atoms with Crippen molar-refractivity contribution in [2.75, 3.05) is 6.54 Å². The van der Waals surface area contributed by atoms with Crippen LogP contribution < -0.4 is 0 Å². The molecule has 0 unspecified atom stereocenters. The molecular weight excluding hydrogens is 336 g/mol. The molecule has 0 aromatic carbocycles. The summed E-state index contributed by atoms with van der Waals surface area (Å²) >= 11 is 0. The fourth-order valence-corrected chi connectivity index (χ4v) is 3.73. The molecule has 1 spiro atoms. The number of halogens is 1. The smallest absolute Gasteiger partial charge is 0.444 e. The largest absolute Gasteiger partial charge is 0.525 e. The average Bonchev–Trinajstić information content (AvgIpc) is 3.19. The van der Waals surface area contributed by atoms with Gasteiger partial charge >= 0.3 is 13.2 Å². The summed E-state index contributed by atoms with van der Waals surface area (Å²) in [6.07, 6.45) is 2.48. The number of likely N-dealkylation sites (tertiary alicyclic amines) is 1. The molecule has 0 radical (unpaired) electrons. The zero-order valence-corrected chi connectivity index (χ0v) is 17.1. The van der Waals surface area contributed by atoms with Crippen LogP contribution in [-0.2, 0) is 14.0 Å². The summed E-state index contributed by atoms with van der Waals surface area (Å²) in [4.78, 5) is 14.4. The van der Waals surface area contributed by atoms with Gasteiger partial charge in [0.1, 0.15) is 11.3 Å². The van der Waals surface area contributed by atoms with Gasteiger partial charge in [0, 0.05) is 6.54 Å². The van der Waals surface area contributed by atoms with E-state index in [4.69, 9.17) is 14.0 Å². The minimum Gasteiger partial charge on any atom is -0.444 e. The summed E-state index contributed by atoms with van der Waals surface area (Å²) in [5.74, 6) is 0. The highest BCUT2D eigenvalue weighted by Crippen LogP contribution is 2.54. The minimum atomic E-state index is -1.01. The third-order valence-electron chi connectivity index (χ3n) is 5.97. The van der Waals surface area contributed by atoms with Crippen molar-refractivity contribution in [2.24, 2.45) is 0 Å². The Hall–Kier alpha value is -1.08. The summed E-state index contributed by atoms with van der Waals surface area (Å²) < 4.78 is 32.8. The Bertz CT molecular complexity index is 618. The van der Waals surface area contributed by atoms with Crippen molar-refractivity contribution >= 4 is 13.2 Å². The molecule has 0 aromatic rings. The van der Waals surface area contributed by atoms with Crippen molar-refractivity contribution in [3.05, 3.63) is 11.3 Å². The first kappa shape index (κ1) is 19.7. The number of carbonyl (C=O) groups is 1. The van der Waals surface area contributed by atoms with Crippen molar-refractivity contribution in [3.8, 4) is 0 Å². The van der Waals surface area contributed by atoms with Gasteiger partial charge < -0.3 is 14.0 Å². The van der Waals surface area contributed by atoms with Gasteiger partial charge in [-0.1, -0.05) is 0 Å². The lowest BCUT2D eigenvalue weighted by Gasteiger charge is -2.39. The van der Waals surface area contributed by atoms with Crippen molar-refractivity contribution in [1.29, 1.82) is 0 Å². The number of hydrogen-bond donors (Lipinski definition) is 0. The maximum Gasteiger partial charge on any atom is 0.525 e. The van der Waals surface area contributed by atoms with Gasteiger partial charge in [-0.25, -0.2) is 9.18 Å². The minimum absolute atomic E-state index is 0.366. The Morgan fingerprint density at radius 2 is 1.69 bits per heavy atom. The van der Waals surface area contributed by atoms with Gasteiger partial charge in [-0.05, 0) is 79.7 Å². The fraction of sp³-hybridized carbons (Fsp3) is 0.842. The van der Waals surface area contributed by atoms with Crippen LogP contribution >= 0.6 is 0 Å². The summed E-state index contributed by atoms with van der Waals surface area (Å²) in [6, 6.07) is 0. The zero-order chi connectivity index (χ0) is 19.5. The normalized spacial score (nSPS) is 28.3. The van der Waals surface area contributed by atoms with E-state index in [-0.39, 0.29) is 11.8 Å². The van der Waals surface area contributed by atoms with Crippen LogP contribution in [0.25, 0.3) is 0 Å². The van der Waals surface area contributed by atoms with E-state index in [2.05, 4.69) is 0 Å². The fourth-order valence-electron chi connectivity index (χ4n) is 3.73. The number of carbonyl (C=O) groups excluding carboxylic acids is 1. The molecule has 0 N–H and O–H groups in total. The summed E-state index contributed by atoms with van der Waals surface area (Å²) in [5, 5.41) is 0.